The number of carbonyl (C=O) groups excluding carboxylic acids is 1. The van der Waals surface area contributed by atoms with E-state index in [0.29, 0.717) is 24.0 Å². The predicted octanol–water partition coefficient (Wildman–Crippen LogP) is 2.56. The predicted molar refractivity (Wildman–Crippen MR) is 97.6 cm³/mol. The maximum absolute atomic E-state index is 12.1. The Morgan fingerprint density at radius 1 is 1.07 bits per heavy atom. The number of tetrazole rings is 1. The normalized spacial score (nSPS) is 10.8. The second kappa shape index (κ2) is 7.78. The molecule has 0 spiro atoms. The van der Waals surface area contributed by atoms with E-state index in [1.54, 1.807) is 24.3 Å². The second-order valence-corrected chi connectivity index (χ2v) is 6.09. The van der Waals surface area contributed by atoms with E-state index in [-0.39, 0.29) is 12.4 Å². The fraction of sp³-hybridized carbons (Fsp3) is 0.158. The summed E-state index contributed by atoms with van der Waals surface area (Å²) in [7, 11) is 0. The summed E-state index contributed by atoms with van der Waals surface area (Å²) < 4.78 is 12.4. The van der Waals surface area contributed by atoms with Crippen LogP contribution in [0.15, 0.2) is 59.3 Å². The van der Waals surface area contributed by atoms with E-state index in [9.17, 15) is 4.79 Å². The lowest BCUT2D eigenvalue weighted by atomic mass is 10.1. The van der Waals surface area contributed by atoms with Crippen LogP contribution in [0.5, 0.6) is 5.75 Å². The smallest absolute Gasteiger partial charge is 0.311 e. The molecule has 0 aliphatic heterocycles. The number of hydrogen-bond donors (Lipinski definition) is 0. The number of ether oxygens (including phenoxy) is 1. The van der Waals surface area contributed by atoms with Crippen molar-refractivity contribution in [1.29, 1.82) is 0 Å². The molecule has 0 saturated carbocycles. The Labute approximate surface area is 160 Å². The van der Waals surface area contributed by atoms with Crippen LogP contribution in [0.4, 0.5) is 0 Å². The molecule has 2 aromatic carbocycles. The van der Waals surface area contributed by atoms with Crippen molar-refractivity contribution in [2.75, 3.05) is 0 Å². The first-order valence-corrected chi connectivity index (χ1v) is 8.61. The molecular formula is C19H16N6O3. The van der Waals surface area contributed by atoms with Gasteiger partial charge in [-0.25, -0.2) is 4.68 Å². The van der Waals surface area contributed by atoms with Gasteiger partial charge in [0.1, 0.15) is 12.1 Å². The van der Waals surface area contributed by atoms with Crippen molar-refractivity contribution in [2.24, 2.45) is 0 Å². The standard InChI is InChI=1S/C19H16N6O3/c1-13-2-4-14(5-3-13)19-22-21-17(28-19)10-11-18(26)27-16-8-6-15(7-9-16)25-12-20-23-24-25/h2-9,12H,10-11H2,1H3. The molecule has 140 valence electrons. The van der Waals surface area contributed by atoms with Crippen LogP contribution in [0.3, 0.4) is 0 Å². The zero-order valence-electron chi connectivity index (χ0n) is 15.0. The third kappa shape index (κ3) is 4.09. The number of benzene rings is 2. The zero-order chi connectivity index (χ0) is 19.3. The summed E-state index contributed by atoms with van der Waals surface area (Å²) in [6.07, 6.45) is 1.92. The van der Waals surface area contributed by atoms with E-state index >= 15 is 0 Å². The molecule has 9 heteroatoms. The molecule has 0 atom stereocenters. The van der Waals surface area contributed by atoms with Crippen LogP contribution in [0.25, 0.3) is 17.1 Å². The van der Waals surface area contributed by atoms with E-state index in [4.69, 9.17) is 9.15 Å². The van der Waals surface area contributed by atoms with E-state index in [0.717, 1.165) is 16.8 Å². The minimum absolute atomic E-state index is 0.129. The van der Waals surface area contributed by atoms with Crippen LogP contribution in [-0.4, -0.2) is 36.4 Å². The van der Waals surface area contributed by atoms with Crippen LogP contribution in [0.2, 0.25) is 0 Å². The summed E-state index contributed by atoms with van der Waals surface area (Å²) in [6.45, 7) is 2.01. The summed E-state index contributed by atoms with van der Waals surface area (Å²) in [5.41, 5.74) is 2.76. The molecule has 0 aliphatic rings. The third-order valence-electron chi connectivity index (χ3n) is 3.99. The minimum Gasteiger partial charge on any atom is -0.427 e. The second-order valence-electron chi connectivity index (χ2n) is 6.09. The van der Waals surface area contributed by atoms with Crippen molar-refractivity contribution in [3.05, 3.63) is 66.3 Å². The Balaban J connectivity index is 1.31. The molecule has 2 aromatic heterocycles. The van der Waals surface area contributed by atoms with Gasteiger partial charge in [-0.3, -0.25) is 4.79 Å². The Morgan fingerprint density at radius 3 is 2.57 bits per heavy atom. The largest absolute Gasteiger partial charge is 0.427 e. The van der Waals surface area contributed by atoms with Gasteiger partial charge in [0.2, 0.25) is 11.8 Å². The molecular weight excluding hydrogens is 360 g/mol. The first kappa shape index (κ1) is 17.5. The number of aromatic nitrogens is 6. The van der Waals surface area contributed by atoms with Gasteiger partial charge >= 0.3 is 5.97 Å². The quantitative estimate of drug-likeness (QED) is 0.373. The van der Waals surface area contributed by atoms with E-state index in [1.165, 1.54) is 11.0 Å². The summed E-state index contributed by atoms with van der Waals surface area (Å²) >= 11 is 0. The molecule has 2 heterocycles. The highest BCUT2D eigenvalue weighted by atomic mass is 16.5. The van der Waals surface area contributed by atoms with Gasteiger partial charge in [-0.1, -0.05) is 17.7 Å². The minimum atomic E-state index is -0.384. The van der Waals surface area contributed by atoms with Crippen LogP contribution in [0, 0.1) is 6.92 Å². The van der Waals surface area contributed by atoms with Crippen LogP contribution in [-0.2, 0) is 11.2 Å². The lowest BCUT2D eigenvalue weighted by molar-refractivity contribution is -0.134. The van der Waals surface area contributed by atoms with Crippen molar-refractivity contribution in [3.63, 3.8) is 0 Å². The van der Waals surface area contributed by atoms with Gasteiger partial charge in [0.05, 0.1) is 12.1 Å². The highest BCUT2D eigenvalue weighted by molar-refractivity contribution is 5.72. The van der Waals surface area contributed by atoms with Crippen molar-refractivity contribution in [2.45, 2.75) is 19.8 Å². The first-order chi connectivity index (χ1) is 13.7. The summed E-state index contributed by atoms with van der Waals surface area (Å²) in [5, 5.41) is 19.0. The molecule has 0 N–H and O–H groups in total. The third-order valence-corrected chi connectivity index (χ3v) is 3.99. The van der Waals surface area contributed by atoms with E-state index < -0.39 is 0 Å². The van der Waals surface area contributed by atoms with Gasteiger partial charge in [-0.15, -0.1) is 15.3 Å². The number of rotatable bonds is 6. The van der Waals surface area contributed by atoms with Crippen molar-refractivity contribution < 1.29 is 13.9 Å². The summed E-state index contributed by atoms with van der Waals surface area (Å²) in [4.78, 5) is 12.1. The van der Waals surface area contributed by atoms with Crippen LogP contribution in [0.1, 0.15) is 17.9 Å². The Hall–Kier alpha value is -3.88. The van der Waals surface area contributed by atoms with E-state index in [2.05, 4.69) is 25.7 Å². The molecule has 0 fully saturated rings. The topological polar surface area (TPSA) is 109 Å². The summed E-state index contributed by atoms with van der Waals surface area (Å²) in [5.74, 6) is 0.876. The maximum Gasteiger partial charge on any atom is 0.311 e. The highest BCUT2D eigenvalue weighted by Gasteiger charge is 2.12. The summed E-state index contributed by atoms with van der Waals surface area (Å²) in [6, 6.07) is 14.6. The lowest BCUT2D eigenvalue weighted by Gasteiger charge is -2.04. The number of hydrogen-bond acceptors (Lipinski definition) is 8. The maximum atomic E-state index is 12.1. The van der Waals surface area contributed by atoms with Crippen LogP contribution < -0.4 is 4.74 Å². The van der Waals surface area contributed by atoms with E-state index in [1.807, 2.05) is 31.2 Å². The monoisotopic (exact) mass is 376 g/mol. The van der Waals surface area contributed by atoms with Crippen LogP contribution >= 0.6 is 0 Å². The number of nitrogens with zero attached hydrogens (tertiary/aromatic N) is 6. The fourth-order valence-electron chi connectivity index (χ4n) is 2.51. The zero-order valence-corrected chi connectivity index (χ0v) is 15.0. The molecule has 0 bridgehead atoms. The van der Waals surface area contributed by atoms with Gasteiger partial charge in [0, 0.05) is 12.0 Å². The molecule has 9 nitrogen and oxygen atoms in total. The number of carbonyl (C=O) groups is 1. The Kier molecular flexibility index (Phi) is 4.87. The molecule has 4 rings (SSSR count). The molecule has 28 heavy (non-hydrogen) atoms. The Morgan fingerprint density at radius 2 is 1.86 bits per heavy atom. The molecule has 4 aromatic rings. The number of esters is 1. The molecule has 0 saturated heterocycles. The number of aryl methyl sites for hydroxylation is 2. The fourth-order valence-corrected chi connectivity index (χ4v) is 2.51. The first-order valence-electron chi connectivity index (χ1n) is 8.61. The average Bonchev–Trinajstić information content (AvgIpc) is 3.40. The van der Waals surface area contributed by atoms with Gasteiger partial charge in [-0.05, 0) is 53.7 Å². The molecule has 0 radical (unpaired) electrons. The molecule has 0 unspecified atom stereocenters. The Bertz CT molecular complexity index is 1060. The van der Waals surface area contributed by atoms with Gasteiger partial charge in [0.15, 0.2) is 0 Å². The highest BCUT2D eigenvalue weighted by Crippen LogP contribution is 2.19. The SMILES string of the molecule is Cc1ccc(-c2nnc(CCC(=O)Oc3ccc(-n4cnnn4)cc3)o2)cc1. The lowest BCUT2D eigenvalue weighted by Crippen LogP contribution is -2.09. The molecule has 0 amide bonds. The average molecular weight is 376 g/mol. The van der Waals surface area contributed by atoms with Crippen molar-refractivity contribution in [1.82, 2.24) is 30.4 Å². The molecule has 0 aliphatic carbocycles. The van der Waals surface area contributed by atoms with Gasteiger partial charge < -0.3 is 9.15 Å². The van der Waals surface area contributed by atoms with Crippen molar-refractivity contribution in [3.8, 4) is 22.9 Å². The van der Waals surface area contributed by atoms with Crippen molar-refractivity contribution >= 4 is 5.97 Å². The van der Waals surface area contributed by atoms with Gasteiger partial charge in [0.25, 0.3) is 0 Å². The van der Waals surface area contributed by atoms with Gasteiger partial charge in [-0.2, -0.15) is 0 Å².